The molecule has 0 bridgehead atoms. The van der Waals surface area contributed by atoms with Gasteiger partial charge in [-0.2, -0.15) is 0 Å². The number of hydrogen-bond acceptors (Lipinski definition) is 3. The van der Waals surface area contributed by atoms with Crippen molar-refractivity contribution in [3.63, 3.8) is 0 Å². The average Bonchev–Trinajstić information content (AvgIpc) is 2.21. The fourth-order valence-corrected chi connectivity index (χ4v) is 1.86. The monoisotopic (exact) mass is 198 g/mol. The Balaban J connectivity index is 2.44. The Labute approximate surface area is 85.1 Å². The first-order valence-corrected chi connectivity index (χ1v) is 5.07. The summed E-state index contributed by atoms with van der Waals surface area (Å²) in [5.41, 5.74) is 0. The van der Waals surface area contributed by atoms with Gasteiger partial charge in [-0.25, -0.2) is 0 Å². The van der Waals surface area contributed by atoms with Gasteiger partial charge in [0.2, 0.25) is 0 Å². The molecule has 80 valence electrons. The smallest absolute Gasteiger partial charge is 0.305 e. The first-order valence-electron chi connectivity index (χ1n) is 5.07. The summed E-state index contributed by atoms with van der Waals surface area (Å²) in [7, 11) is 1.43. The largest absolute Gasteiger partial charge is 0.469 e. The number of carbonyl (C=O) groups is 1. The van der Waals surface area contributed by atoms with Crippen molar-refractivity contribution in [2.24, 2.45) is 5.92 Å². The molecule has 2 atom stereocenters. The van der Waals surface area contributed by atoms with Gasteiger partial charge in [0.15, 0.2) is 0 Å². The second-order valence-corrected chi connectivity index (χ2v) is 3.62. The highest BCUT2D eigenvalue weighted by molar-refractivity contribution is 5.69. The Morgan fingerprint density at radius 3 is 3.14 bits per heavy atom. The van der Waals surface area contributed by atoms with Crippen LogP contribution < -0.4 is 0 Å². The Hall–Kier alpha value is -0.830. The average molecular weight is 198 g/mol. The van der Waals surface area contributed by atoms with Gasteiger partial charge >= 0.3 is 5.97 Å². The van der Waals surface area contributed by atoms with E-state index in [0.29, 0.717) is 12.3 Å². The van der Waals surface area contributed by atoms with Crippen molar-refractivity contribution in [2.75, 3.05) is 13.7 Å². The molecule has 0 aromatic carbocycles. The highest BCUT2D eigenvalue weighted by Crippen LogP contribution is 2.26. The molecule has 0 aliphatic carbocycles. The molecule has 3 heteroatoms. The van der Waals surface area contributed by atoms with Crippen molar-refractivity contribution in [3.8, 4) is 0 Å². The third-order valence-corrected chi connectivity index (χ3v) is 2.63. The summed E-state index contributed by atoms with van der Waals surface area (Å²) in [6, 6.07) is 0. The van der Waals surface area contributed by atoms with Gasteiger partial charge < -0.3 is 9.47 Å². The van der Waals surface area contributed by atoms with Crippen LogP contribution in [-0.4, -0.2) is 25.8 Å². The van der Waals surface area contributed by atoms with E-state index in [9.17, 15) is 4.79 Å². The minimum Gasteiger partial charge on any atom is -0.469 e. The highest BCUT2D eigenvalue weighted by Gasteiger charge is 2.27. The summed E-state index contributed by atoms with van der Waals surface area (Å²) in [5.74, 6) is 0.156. The summed E-state index contributed by atoms with van der Waals surface area (Å²) in [5, 5.41) is 0. The van der Waals surface area contributed by atoms with Gasteiger partial charge in [0.05, 0.1) is 19.6 Å². The fraction of sp³-hybridized carbons (Fsp3) is 0.727. The normalized spacial score (nSPS) is 26.9. The van der Waals surface area contributed by atoms with Crippen LogP contribution in [0.15, 0.2) is 12.7 Å². The lowest BCUT2D eigenvalue weighted by Gasteiger charge is -2.30. The van der Waals surface area contributed by atoms with Gasteiger partial charge in [0.1, 0.15) is 0 Å². The minimum atomic E-state index is -0.144. The van der Waals surface area contributed by atoms with Crippen molar-refractivity contribution < 1.29 is 14.3 Å². The molecule has 0 aromatic heterocycles. The van der Waals surface area contributed by atoms with E-state index in [2.05, 4.69) is 11.3 Å². The maximum Gasteiger partial charge on any atom is 0.305 e. The minimum absolute atomic E-state index is 0.144. The van der Waals surface area contributed by atoms with Crippen molar-refractivity contribution in [3.05, 3.63) is 12.7 Å². The van der Waals surface area contributed by atoms with Crippen LogP contribution in [0.25, 0.3) is 0 Å². The number of esters is 1. The lowest BCUT2D eigenvalue weighted by Crippen LogP contribution is -2.31. The van der Waals surface area contributed by atoms with E-state index in [1.165, 1.54) is 7.11 Å². The first kappa shape index (κ1) is 11.2. The van der Waals surface area contributed by atoms with Gasteiger partial charge in [-0.3, -0.25) is 4.79 Å². The fourth-order valence-electron chi connectivity index (χ4n) is 1.86. The first-order chi connectivity index (χ1) is 6.77. The Kier molecular flexibility index (Phi) is 4.66. The maximum atomic E-state index is 11.1. The quantitative estimate of drug-likeness (QED) is 0.511. The predicted molar refractivity (Wildman–Crippen MR) is 53.9 cm³/mol. The molecule has 3 nitrogen and oxygen atoms in total. The second kappa shape index (κ2) is 5.81. The van der Waals surface area contributed by atoms with Crippen LogP contribution in [0, 0.1) is 5.92 Å². The molecule has 0 saturated carbocycles. The van der Waals surface area contributed by atoms with Crippen LogP contribution in [0.1, 0.15) is 25.7 Å². The topological polar surface area (TPSA) is 35.5 Å². The molecule has 1 heterocycles. The van der Waals surface area contributed by atoms with Crippen molar-refractivity contribution in [2.45, 2.75) is 31.8 Å². The van der Waals surface area contributed by atoms with E-state index in [0.717, 1.165) is 25.9 Å². The highest BCUT2D eigenvalue weighted by atomic mass is 16.5. The summed E-state index contributed by atoms with van der Waals surface area (Å²) < 4.78 is 10.3. The molecule has 0 N–H and O–H groups in total. The van der Waals surface area contributed by atoms with E-state index in [1.807, 2.05) is 6.08 Å². The third-order valence-electron chi connectivity index (χ3n) is 2.63. The van der Waals surface area contributed by atoms with Crippen molar-refractivity contribution >= 4 is 5.97 Å². The van der Waals surface area contributed by atoms with Crippen LogP contribution in [0.4, 0.5) is 0 Å². The Bertz CT molecular complexity index is 201. The molecule has 1 rings (SSSR count). The zero-order valence-electron chi connectivity index (χ0n) is 8.70. The molecule has 1 aliphatic rings. The molecule has 0 spiro atoms. The summed E-state index contributed by atoms with van der Waals surface area (Å²) >= 11 is 0. The van der Waals surface area contributed by atoms with Crippen LogP contribution in [-0.2, 0) is 14.3 Å². The van der Waals surface area contributed by atoms with Crippen molar-refractivity contribution in [1.29, 1.82) is 0 Å². The number of ether oxygens (including phenoxy) is 2. The molecule has 0 radical (unpaired) electrons. The van der Waals surface area contributed by atoms with Gasteiger partial charge in [-0.05, 0) is 25.2 Å². The zero-order chi connectivity index (χ0) is 10.4. The standard InChI is InChI=1S/C11H18O3/c1-3-5-10-9(6-4-7-14-10)8-11(12)13-2/h3,9-10H,1,4-8H2,2H3. The van der Waals surface area contributed by atoms with E-state index in [4.69, 9.17) is 4.74 Å². The number of rotatable bonds is 4. The molecule has 1 saturated heterocycles. The lowest BCUT2D eigenvalue weighted by atomic mass is 9.89. The van der Waals surface area contributed by atoms with Gasteiger partial charge in [0, 0.05) is 6.61 Å². The Morgan fingerprint density at radius 1 is 1.71 bits per heavy atom. The maximum absolute atomic E-state index is 11.1. The molecule has 2 unspecified atom stereocenters. The van der Waals surface area contributed by atoms with Crippen molar-refractivity contribution in [1.82, 2.24) is 0 Å². The molecule has 1 fully saturated rings. The molecule has 0 amide bonds. The number of carbonyl (C=O) groups excluding carboxylic acids is 1. The van der Waals surface area contributed by atoms with E-state index in [-0.39, 0.29) is 12.1 Å². The van der Waals surface area contributed by atoms with Gasteiger partial charge in [0.25, 0.3) is 0 Å². The number of hydrogen-bond donors (Lipinski definition) is 0. The van der Waals surface area contributed by atoms with Gasteiger partial charge in [-0.1, -0.05) is 6.08 Å². The predicted octanol–water partition coefficient (Wildman–Crippen LogP) is 1.92. The Morgan fingerprint density at radius 2 is 2.50 bits per heavy atom. The summed E-state index contributed by atoms with van der Waals surface area (Å²) in [6.07, 6.45) is 5.38. The summed E-state index contributed by atoms with van der Waals surface area (Å²) in [4.78, 5) is 11.1. The van der Waals surface area contributed by atoms with Crippen LogP contribution in [0.5, 0.6) is 0 Å². The summed E-state index contributed by atoms with van der Waals surface area (Å²) in [6.45, 7) is 4.49. The molecule has 14 heavy (non-hydrogen) atoms. The lowest BCUT2D eigenvalue weighted by molar-refractivity contribution is -0.144. The van der Waals surface area contributed by atoms with E-state index in [1.54, 1.807) is 0 Å². The third kappa shape index (κ3) is 3.14. The van der Waals surface area contributed by atoms with Crippen LogP contribution in [0.3, 0.4) is 0 Å². The van der Waals surface area contributed by atoms with Crippen LogP contribution >= 0.6 is 0 Å². The van der Waals surface area contributed by atoms with E-state index < -0.39 is 0 Å². The zero-order valence-corrected chi connectivity index (χ0v) is 8.70. The second-order valence-electron chi connectivity index (χ2n) is 3.62. The molecular weight excluding hydrogens is 180 g/mol. The molecule has 0 aromatic rings. The van der Waals surface area contributed by atoms with E-state index >= 15 is 0 Å². The SMILES string of the molecule is C=CCC1OCCCC1CC(=O)OC. The molecule has 1 aliphatic heterocycles. The van der Waals surface area contributed by atoms with Gasteiger partial charge in [-0.15, -0.1) is 6.58 Å². The molecular formula is C11H18O3. The number of methoxy groups -OCH3 is 1. The van der Waals surface area contributed by atoms with Crippen LogP contribution in [0.2, 0.25) is 0 Å².